The Hall–Kier alpha value is -2.35. The topological polar surface area (TPSA) is 55.4 Å². The van der Waals surface area contributed by atoms with Crippen LogP contribution in [0.3, 0.4) is 0 Å². The maximum Gasteiger partial charge on any atom is 0.349 e. The Bertz CT molecular complexity index is 760. The summed E-state index contributed by atoms with van der Waals surface area (Å²) in [5.74, 6) is -6.14. The van der Waals surface area contributed by atoms with E-state index in [0.29, 0.717) is 16.5 Å². The van der Waals surface area contributed by atoms with Crippen molar-refractivity contribution in [3.05, 3.63) is 51.5 Å². The predicted molar refractivity (Wildman–Crippen MR) is 78.9 cm³/mol. The normalized spacial score (nSPS) is 11.9. The smallest absolute Gasteiger partial charge is 0.349 e. The number of halogens is 3. The Morgan fingerprint density at radius 2 is 1.87 bits per heavy atom. The monoisotopic (exact) mass is 343 g/mol. The third-order valence-electron chi connectivity index (χ3n) is 2.99. The Balaban J connectivity index is 2.05. The minimum atomic E-state index is -1.69. The van der Waals surface area contributed by atoms with Crippen LogP contribution in [0.15, 0.2) is 23.6 Å². The number of thiophene rings is 1. The zero-order valence-electron chi connectivity index (χ0n) is 12.2. The van der Waals surface area contributed by atoms with E-state index in [-0.39, 0.29) is 0 Å². The molecule has 1 aromatic carbocycles. The highest BCUT2D eigenvalue weighted by Gasteiger charge is 2.23. The number of hydrogen-bond acceptors (Lipinski definition) is 4. The maximum atomic E-state index is 13.5. The fourth-order valence-corrected chi connectivity index (χ4v) is 2.51. The lowest BCUT2D eigenvalue weighted by atomic mass is 10.2. The lowest BCUT2D eigenvalue weighted by Crippen LogP contribution is -2.30. The Labute approximate surface area is 133 Å². The summed E-state index contributed by atoms with van der Waals surface area (Å²) in [6.07, 6.45) is -1.24. The summed E-state index contributed by atoms with van der Waals surface area (Å²) in [5.41, 5.74) is 0.170. The van der Waals surface area contributed by atoms with Crippen molar-refractivity contribution in [2.75, 3.05) is 5.32 Å². The van der Waals surface area contributed by atoms with E-state index in [0.717, 1.165) is 17.4 Å². The van der Waals surface area contributed by atoms with Crippen LogP contribution in [0.1, 0.15) is 22.2 Å². The SMILES string of the molecule is Cc1ccsc1C(=O)OC(C)C(=O)Nc1ccc(F)c(F)c1F. The van der Waals surface area contributed by atoms with Gasteiger partial charge in [-0.3, -0.25) is 4.79 Å². The summed E-state index contributed by atoms with van der Waals surface area (Å²) < 4.78 is 44.4. The number of benzene rings is 1. The zero-order valence-corrected chi connectivity index (χ0v) is 13.0. The van der Waals surface area contributed by atoms with E-state index in [1.54, 1.807) is 18.4 Å². The highest BCUT2D eigenvalue weighted by Crippen LogP contribution is 2.21. The van der Waals surface area contributed by atoms with Gasteiger partial charge in [-0.2, -0.15) is 0 Å². The Kier molecular flexibility index (Phi) is 5.05. The molecule has 1 unspecified atom stereocenters. The van der Waals surface area contributed by atoms with Crippen LogP contribution in [0.5, 0.6) is 0 Å². The number of ether oxygens (including phenoxy) is 1. The second-order valence-electron chi connectivity index (χ2n) is 4.69. The van der Waals surface area contributed by atoms with Crippen LogP contribution in [0.25, 0.3) is 0 Å². The number of amides is 1. The van der Waals surface area contributed by atoms with E-state index in [2.05, 4.69) is 0 Å². The number of aryl methyl sites for hydroxylation is 1. The summed E-state index contributed by atoms with van der Waals surface area (Å²) in [6.45, 7) is 3.00. The van der Waals surface area contributed by atoms with Gasteiger partial charge in [-0.25, -0.2) is 18.0 Å². The van der Waals surface area contributed by atoms with Crippen molar-refractivity contribution < 1.29 is 27.5 Å². The van der Waals surface area contributed by atoms with E-state index < -0.39 is 41.1 Å². The van der Waals surface area contributed by atoms with Crippen molar-refractivity contribution >= 4 is 28.9 Å². The quantitative estimate of drug-likeness (QED) is 0.681. The molecular formula is C15H12F3NO3S. The molecule has 0 radical (unpaired) electrons. The summed E-state index contributed by atoms with van der Waals surface area (Å²) >= 11 is 1.16. The van der Waals surface area contributed by atoms with Crippen LogP contribution in [-0.2, 0) is 9.53 Å². The van der Waals surface area contributed by atoms with Gasteiger partial charge in [-0.05, 0) is 43.0 Å². The van der Waals surface area contributed by atoms with Gasteiger partial charge in [-0.1, -0.05) is 0 Å². The highest BCUT2D eigenvalue weighted by molar-refractivity contribution is 7.12. The molecule has 0 aliphatic carbocycles. The van der Waals surface area contributed by atoms with Gasteiger partial charge in [0, 0.05) is 0 Å². The molecule has 1 amide bonds. The molecule has 0 aliphatic heterocycles. The van der Waals surface area contributed by atoms with Gasteiger partial charge in [0.15, 0.2) is 23.6 Å². The minimum Gasteiger partial charge on any atom is -0.448 e. The molecule has 2 aromatic rings. The molecular weight excluding hydrogens is 331 g/mol. The van der Waals surface area contributed by atoms with Crippen LogP contribution < -0.4 is 5.32 Å². The van der Waals surface area contributed by atoms with Crippen LogP contribution in [0.4, 0.5) is 18.9 Å². The first-order valence-corrected chi connectivity index (χ1v) is 7.38. The van der Waals surface area contributed by atoms with Gasteiger partial charge in [-0.15, -0.1) is 11.3 Å². The van der Waals surface area contributed by atoms with E-state index in [9.17, 15) is 22.8 Å². The van der Waals surface area contributed by atoms with Gasteiger partial charge >= 0.3 is 5.97 Å². The van der Waals surface area contributed by atoms with Gasteiger partial charge < -0.3 is 10.1 Å². The number of rotatable bonds is 4. The summed E-state index contributed by atoms with van der Waals surface area (Å²) in [7, 11) is 0. The molecule has 23 heavy (non-hydrogen) atoms. The number of hydrogen-bond donors (Lipinski definition) is 1. The molecule has 0 fully saturated rings. The first-order chi connectivity index (χ1) is 10.8. The second kappa shape index (κ2) is 6.82. The number of esters is 1. The molecule has 2 rings (SSSR count). The van der Waals surface area contributed by atoms with Crippen molar-refractivity contribution in [1.29, 1.82) is 0 Å². The summed E-state index contributed by atoms with van der Waals surface area (Å²) in [5, 5.41) is 3.75. The van der Waals surface area contributed by atoms with Crippen LogP contribution in [-0.4, -0.2) is 18.0 Å². The number of nitrogens with one attached hydrogen (secondary N) is 1. The highest BCUT2D eigenvalue weighted by atomic mass is 32.1. The molecule has 0 aliphatic rings. The maximum absolute atomic E-state index is 13.5. The molecule has 1 heterocycles. The van der Waals surface area contributed by atoms with Crippen molar-refractivity contribution in [2.24, 2.45) is 0 Å². The van der Waals surface area contributed by atoms with Crippen molar-refractivity contribution in [3.63, 3.8) is 0 Å². The van der Waals surface area contributed by atoms with Gasteiger partial charge in [0.25, 0.3) is 5.91 Å². The fraction of sp³-hybridized carbons (Fsp3) is 0.200. The van der Waals surface area contributed by atoms with Crippen LogP contribution in [0.2, 0.25) is 0 Å². The lowest BCUT2D eigenvalue weighted by molar-refractivity contribution is -0.123. The molecule has 1 aromatic heterocycles. The molecule has 0 spiro atoms. The van der Waals surface area contributed by atoms with Crippen molar-refractivity contribution in [1.82, 2.24) is 0 Å². The fourth-order valence-electron chi connectivity index (χ4n) is 1.71. The molecule has 0 bridgehead atoms. The van der Waals surface area contributed by atoms with E-state index in [1.165, 1.54) is 6.92 Å². The molecule has 0 saturated carbocycles. The molecule has 1 atom stereocenters. The second-order valence-corrected chi connectivity index (χ2v) is 5.61. The Morgan fingerprint density at radius 3 is 2.48 bits per heavy atom. The lowest BCUT2D eigenvalue weighted by Gasteiger charge is -2.14. The number of anilines is 1. The predicted octanol–water partition coefficient (Wildman–Crippen LogP) is 3.66. The molecule has 8 heteroatoms. The van der Waals surface area contributed by atoms with E-state index in [1.807, 2.05) is 5.32 Å². The van der Waals surface area contributed by atoms with Gasteiger partial charge in [0.05, 0.1) is 5.69 Å². The first-order valence-electron chi connectivity index (χ1n) is 6.50. The van der Waals surface area contributed by atoms with Crippen LogP contribution >= 0.6 is 11.3 Å². The van der Waals surface area contributed by atoms with E-state index >= 15 is 0 Å². The van der Waals surface area contributed by atoms with Crippen molar-refractivity contribution in [2.45, 2.75) is 20.0 Å². The largest absolute Gasteiger partial charge is 0.448 e. The van der Waals surface area contributed by atoms with Gasteiger partial charge in [0.2, 0.25) is 0 Å². The molecule has 1 N–H and O–H groups in total. The number of carbonyl (C=O) groups excluding carboxylic acids is 2. The average molecular weight is 343 g/mol. The molecule has 0 saturated heterocycles. The van der Waals surface area contributed by atoms with E-state index in [4.69, 9.17) is 4.74 Å². The third kappa shape index (κ3) is 3.70. The molecule has 4 nitrogen and oxygen atoms in total. The standard InChI is InChI=1S/C15H12F3NO3S/c1-7-5-6-23-13(7)15(21)22-8(2)14(20)19-10-4-3-9(16)11(17)12(10)18/h3-6,8H,1-2H3,(H,19,20). The Morgan fingerprint density at radius 1 is 1.17 bits per heavy atom. The number of carbonyl (C=O) groups is 2. The average Bonchev–Trinajstić information content (AvgIpc) is 2.93. The van der Waals surface area contributed by atoms with Crippen LogP contribution in [0, 0.1) is 24.4 Å². The zero-order chi connectivity index (χ0) is 17.1. The first kappa shape index (κ1) is 17.0. The molecule has 122 valence electrons. The minimum absolute atomic E-state index is 0.351. The summed E-state index contributed by atoms with van der Waals surface area (Å²) in [6, 6.07) is 3.28. The third-order valence-corrected chi connectivity index (χ3v) is 3.99. The summed E-state index contributed by atoms with van der Waals surface area (Å²) in [4.78, 5) is 24.1. The van der Waals surface area contributed by atoms with Crippen molar-refractivity contribution in [3.8, 4) is 0 Å². The van der Waals surface area contributed by atoms with Gasteiger partial charge in [0.1, 0.15) is 4.88 Å².